The second-order valence-corrected chi connectivity index (χ2v) is 10.8. The number of allylic oxidation sites excluding steroid dienone is 1. The highest BCUT2D eigenvalue weighted by atomic mass is 16.2. The van der Waals surface area contributed by atoms with Crippen LogP contribution >= 0.6 is 0 Å². The van der Waals surface area contributed by atoms with Gasteiger partial charge >= 0.3 is 0 Å². The van der Waals surface area contributed by atoms with Gasteiger partial charge in [-0.1, -0.05) is 109 Å². The van der Waals surface area contributed by atoms with Gasteiger partial charge in [0.25, 0.3) is 5.91 Å². The lowest BCUT2D eigenvalue weighted by molar-refractivity contribution is 0.0946. The van der Waals surface area contributed by atoms with Crippen LogP contribution in [0.1, 0.15) is 50.7 Å². The Hall–Kier alpha value is -4.96. The number of aryl methyl sites for hydroxylation is 2. The van der Waals surface area contributed by atoms with Crippen molar-refractivity contribution in [1.82, 2.24) is 14.1 Å². The maximum absolute atomic E-state index is 13.9. The Morgan fingerprint density at radius 2 is 1.24 bits per heavy atom. The molecule has 0 N–H and O–H groups in total. The molecule has 0 bridgehead atoms. The fourth-order valence-corrected chi connectivity index (χ4v) is 6.66. The average Bonchev–Trinajstić information content (AvgIpc) is 3.53. The maximum atomic E-state index is 13.9. The molecule has 41 heavy (non-hydrogen) atoms. The van der Waals surface area contributed by atoms with E-state index >= 15 is 0 Å². The molecule has 2 aromatic heterocycles. The number of nitrogens with zero attached hydrogens (tertiary/aromatic N) is 3. The Balaban J connectivity index is 1.41. The van der Waals surface area contributed by atoms with Crippen LogP contribution in [0.5, 0.6) is 0 Å². The number of rotatable bonds is 5. The first-order chi connectivity index (χ1) is 20.1. The van der Waals surface area contributed by atoms with Gasteiger partial charge in [0.15, 0.2) is 0 Å². The SMILES string of the molecule is Cc1c2n(c3ccccc13)C(=O)/C(=C/c1cn(C(c3ccccc3)(c3ccccc3)c3ccccc3)c(C)n1)CC2. The van der Waals surface area contributed by atoms with Crippen LogP contribution in [0, 0.1) is 13.8 Å². The quantitative estimate of drug-likeness (QED) is 0.167. The summed E-state index contributed by atoms with van der Waals surface area (Å²) >= 11 is 0. The van der Waals surface area contributed by atoms with Crippen LogP contribution in [-0.4, -0.2) is 20.0 Å². The number of hydrogen-bond acceptors (Lipinski definition) is 2. The van der Waals surface area contributed by atoms with Crippen molar-refractivity contribution in [3.63, 3.8) is 0 Å². The van der Waals surface area contributed by atoms with Crippen LogP contribution in [0.25, 0.3) is 17.0 Å². The summed E-state index contributed by atoms with van der Waals surface area (Å²) in [6.07, 6.45) is 5.63. The Morgan fingerprint density at radius 3 is 1.83 bits per heavy atom. The van der Waals surface area contributed by atoms with Gasteiger partial charge < -0.3 is 4.57 Å². The predicted octanol–water partition coefficient (Wildman–Crippen LogP) is 7.96. The lowest BCUT2D eigenvalue weighted by atomic mass is 9.76. The van der Waals surface area contributed by atoms with E-state index in [0.29, 0.717) is 6.42 Å². The Bertz CT molecular complexity index is 1810. The van der Waals surface area contributed by atoms with Crippen LogP contribution in [0.3, 0.4) is 0 Å². The van der Waals surface area contributed by atoms with Crippen molar-refractivity contribution in [3.8, 4) is 0 Å². The molecule has 4 nitrogen and oxygen atoms in total. The third kappa shape index (κ3) is 3.90. The molecule has 7 rings (SSSR count). The van der Waals surface area contributed by atoms with E-state index in [4.69, 9.17) is 4.98 Å². The first kappa shape index (κ1) is 25.0. The number of aromatic nitrogens is 3. The Kier molecular flexibility index (Phi) is 6.05. The van der Waals surface area contributed by atoms with Gasteiger partial charge in [0, 0.05) is 22.9 Å². The van der Waals surface area contributed by atoms with Gasteiger partial charge in [-0.05, 0) is 61.1 Å². The normalized spacial score (nSPS) is 14.5. The van der Waals surface area contributed by atoms with Crippen LogP contribution in [0.15, 0.2) is 127 Å². The van der Waals surface area contributed by atoms with Crippen molar-refractivity contribution >= 4 is 22.9 Å². The molecular formula is C37H31N3O. The van der Waals surface area contributed by atoms with Gasteiger partial charge in [0.05, 0.1) is 11.2 Å². The van der Waals surface area contributed by atoms with Crippen molar-refractivity contribution in [2.24, 2.45) is 0 Å². The van der Waals surface area contributed by atoms with E-state index in [1.165, 1.54) is 5.56 Å². The zero-order chi connectivity index (χ0) is 28.0. The van der Waals surface area contributed by atoms with Gasteiger partial charge in [-0.3, -0.25) is 9.36 Å². The molecule has 3 heterocycles. The van der Waals surface area contributed by atoms with Crippen molar-refractivity contribution < 1.29 is 4.79 Å². The Labute approximate surface area is 240 Å². The molecule has 0 radical (unpaired) electrons. The lowest BCUT2D eigenvalue weighted by Gasteiger charge is -2.38. The summed E-state index contributed by atoms with van der Waals surface area (Å²) in [6, 6.07) is 40.0. The maximum Gasteiger partial charge on any atom is 0.258 e. The molecule has 6 aromatic rings. The average molecular weight is 534 g/mol. The number of benzene rings is 4. The van der Waals surface area contributed by atoms with Gasteiger partial charge in [-0.15, -0.1) is 0 Å². The highest BCUT2D eigenvalue weighted by Gasteiger charge is 2.39. The van der Waals surface area contributed by atoms with E-state index in [2.05, 4.69) is 122 Å². The van der Waals surface area contributed by atoms with Crippen LogP contribution in [0.4, 0.5) is 0 Å². The van der Waals surface area contributed by atoms with E-state index in [-0.39, 0.29) is 5.91 Å². The second kappa shape index (κ2) is 9.90. The molecular weight excluding hydrogens is 502 g/mol. The van der Waals surface area contributed by atoms with E-state index < -0.39 is 5.54 Å². The predicted molar refractivity (Wildman–Crippen MR) is 165 cm³/mol. The minimum absolute atomic E-state index is 0.0446. The van der Waals surface area contributed by atoms with E-state index in [1.54, 1.807) is 0 Å². The minimum Gasteiger partial charge on any atom is -0.316 e. The molecule has 0 saturated carbocycles. The first-order valence-corrected chi connectivity index (χ1v) is 14.2. The number of imidazole rings is 1. The second-order valence-electron chi connectivity index (χ2n) is 10.8. The topological polar surface area (TPSA) is 39.8 Å². The smallest absolute Gasteiger partial charge is 0.258 e. The van der Waals surface area contributed by atoms with Gasteiger partial charge in [-0.25, -0.2) is 4.98 Å². The summed E-state index contributed by atoms with van der Waals surface area (Å²) in [7, 11) is 0. The molecule has 1 aliphatic heterocycles. The number of fused-ring (bicyclic) bond motifs is 3. The van der Waals surface area contributed by atoms with Crippen molar-refractivity contribution in [1.29, 1.82) is 0 Å². The van der Waals surface area contributed by atoms with Crippen molar-refractivity contribution in [2.75, 3.05) is 0 Å². The molecule has 0 fully saturated rings. The summed E-state index contributed by atoms with van der Waals surface area (Å²) < 4.78 is 4.18. The molecule has 4 aromatic carbocycles. The molecule has 0 saturated heterocycles. The summed E-state index contributed by atoms with van der Waals surface area (Å²) in [5, 5.41) is 1.15. The molecule has 200 valence electrons. The fourth-order valence-electron chi connectivity index (χ4n) is 6.66. The van der Waals surface area contributed by atoms with Crippen LogP contribution in [-0.2, 0) is 12.0 Å². The van der Waals surface area contributed by atoms with E-state index in [0.717, 1.165) is 56.8 Å². The molecule has 0 amide bonds. The largest absolute Gasteiger partial charge is 0.316 e. The highest BCUT2D eigenvalue weighted by molar-refractivity contribution is 6.07. The summed E-state index contributed by atoms with van der Waals surface area (Å²) in [5.41, 5.74) is 7.66. The fraction of sp³-hybridized carbons (Fsp3) is 0.135. The van der Waals surface area contributed by atoms with E-state index in [1.807, 2.05) is 28.8 Å². The van der Waals surface area contributed by atoms with Crippen molar-refractivity contribution in [3.05, 3.63) is 166 Å². The first-order valence-electron chi connectivity index (χ1n) is 14.2. The number of para-hydroxylation sites is 1. The zero-order valence-electron chi connectivity index (χ0n) is 23.3. The molecule has 1 aliphatic rings. The third-order valence-corrected chi connectivity index (χ3v) is 8.52. The van der Waals surface area contributed by atoms with Crippen LogP contribution in [0.2, 0.25) is 0 Å². The highest BCUT2D eigenvalue weighted by Crippen LogP contribution is 2.42. The lowest BCUT2D eigenvalue weighted by Crippen LogP contribution is -2.38. The molecule has 0 atom stereocenters. The number of carbonyl (C=O) groups is 1. The molecule has 0 aliphatic carbocycles. The summed E-state index contributed by atoms with van der Waals surface area (Å²) in [5.74, 6) is 0.919. The molecule has 4 heteroatoms. The van der Waals surface area contributed by atoms with Gasteiger partial charge in [-0.2, -0.15) is 0 Å². The van der Waals surface area contributed by atoms with E-state index in [9.17, 15) is 4.79 Å². The monoisotopic (exact) mass is 533 g/mol. The summed E-state index contributed by atoms with van der Waals surface area (Å²) in [4.78, 5) is 18.9. The summed E-state index contributed by atoms with van der Waals surface area (Å²) in [6.45, 7) is 4.17. The van der Waals surface area contributed by atoms with Gasteiger partial charge in [0.1, 0.15) is 11.4 Å². The number of hydrogen-bond donors (Lipinski definition) is 0. The van der Waals surface area contributed by atoms with Crippen molar-refractivity contribution in [2.45, 2.75) is 32.2 Å². The number of carbonyl (C=O) groups excluding carboxylic acids is 1. The standard InChI is InChI=1S/C37H31N3O/c1-26-33-20-12-13-21-35(33)40-34(26)23-22-28(36(40)41)24-32-25-39(27(2)38-32)37(29-14-6-3-7-15-29,30-16-8-4-9-17-30)31-18-10-5-11-19-31/h3-21,24-25H,22-23H2,1-2H3/b28-24+. The Morgan fingerprint density at radius 1 is 0.707 bits per heavy atom. The minimum atomic E-state index is -0.644. The third-order valence-electron chi connectivity index (χ3n) is 8.52. The molecule has 0 spiro atoms. The van der Waals surface area contributed by atoms with Gasteiger partial charge in [0.2, 0.25) is 0 Å². The van der Waals surface area contributed by atoms with Crippen LogP contribution < -0.4 is 0 Å². The molecule has 0 unspecified atom stereocenters. The zero-order valence-corrected chi connectivity index (χ0v) is 23.3.